The van der Waals surface area contributed by atoms with Crippen LogP contribution in [0.25, 0.3) is 0 Å². The first-order valence-corrected chi connectivity index (χ1v) is 10.1. The van der Waals surface area contributed by atoms with Crippen LogP contribution in [0, 0.1) is 0 Å². The van der Waals surface area contributed by atoms with E-state index in [1.54, 1.807) is 25.6 Å². The van der Waals surface area contributed by atoms with Gasteiger partial charge in [-0.05, 0) is 62.3 Å². The fraction of sp³-hybridized carbons (Fsp3) is 0.476. The molecular weight excluding hydrogens is 346 g/mol. The molecule has 1 amide bonds. The maximum atomic E-state index is 13.2. The van der Waals surface area contributed by atoms with Crippen LogP contribution in [0.2, 0.25) is 0 Å². The standard InChI is InChI=1S/C21H25NO3S/c1-24-17-10-7-15(18(12-17)25-2)13-22(16-8-9-16)21(23)20-11-14-5-3-4-6-19(14)26-20/h7,10-12,16H,3-6,8-9,13H2,1-2H3. The Balaban J connectivity index is 1.58. The van der Waals surface area contributed by atoms with Gasteiger partial charge in [0.25, 0.3) is 5.91 Å². The number of thiophene rings is 1. The van der Waals surface area contributed by atoms with Crippen molar-refractivity contribution in [3.05, 3.63) is 45.1 Å². The number of nitrogens with zero attached hydrogens (tertiary/aromatic N) is 1. The summed E-state index contributed by atoms with van der Waals surface area (Å²) in [6.07, 6.45) is 6.92. The molecule has 138 valence electrons. The number of amides is 1. The van der Waals surface area contributed by atoms with Crippen molar-refractivity contribution in [3.63, 3.8) is 0 Å². The fourth-order valence-corrected chi connectivity index (χ4v) is 4.87. The third-order valence-electron chi connectivity index (χ3n) is 5.29. The molecule has 0 unspecified atom stereocenters. The second kappa shape index (κ2) is 7.31. The van der Waals surface area contributed by atoms with Gasteiger partial charge in [-0.15, -0.1) is 11.3 Å². The predicted octanol–water partition coefficient (Wildman–Crippen LogP) is 4.45. The van der Waals surface area contributed by atoms with E-state index in [1.807, 2.05) is 23.1 Å². The van der Waals surface area contributed by atoms with Crippen molar-refractivity contribution in [2.24, 2.45) is 0 Å². The normalized spacial score (nSPS) is 16.1. The van der Waals surface area contributed by atoms with E-state index in [0.29, 0.717) is 12.6 Å². The van der Waals surface area contributed by atoms with E-state index < -0.39 is 0 Å². The van der Waals surface area contributed by atoms with Gasteiger partial charge >= 0.3 is 0 Å². The Morgan fingerprint density at radius 2 is 1.96 bits per heavy atom. The van der Waals surface area contributed by atoms with Crippen molar-refractivity contribution in [3.8, 4) is 11.5 Å². The van der Waals surface area contributed by atoms with Crippen molar-refractivity contribution in [1.29, 1.82) is 0 Å². The molecule has 1 fully saturated rings. The molecule has 0 radical (unpaired) electrons. The Morgan fingerprint density at radius 1 is 1.15 bits per heavy atom. The van der Waals surface area contributed by atoms with Gasteiger partial charge in [0.15, 0.2) is 0 Å². The molecule has 2 aromatic rings. The third-order valence-corrected chi connectivity index (χ3v) is 6.52. The van der Waals surface area contributed by atoms with E-state index in [-0.39, 0.29) is 5.91 Å². The summed E-state index contributed by atoms with van der Waals surface area (Å²) in [7, 11) is 3.31. The van der Waals surface area contributed by atoms with Crippen LogP contribution in [0.4, 0.5) is 0 Å². The maximum absolute atomic E-state index is 13.2. The predicted molar refractivity (Wildman–Crippen MR) is 103 cm³/mol. The van der Waals surface area contributed by atoms with Crippen molar-refractivity contribution < 1.29 is 14.3 Å². The van der Waals surface area contributed by atoms with Crippen molar-refractivity contribution >= 4 is 17.2 Å². The number of rotatable bonds is 6. The molecule has 4 rings (SSSR count). The molecule has 1 heterocycles. The van der Waals surface area contributed by atoms with Crippen LogP contribution in [-0.4, -0.2) is 31.1 Å². The van der Waals surface area contributed by atoms with E-state index in [9.17, 15) is 4.79 Å². The number of benzene rings is 1. The molecule has 0 N–H and O–H groups in total. The largest absolute Gasteiger partial charge is 0.497 e. The molecule has 0 atom stereocenters. The third kappa shape index (κ3) is 3.45. The van der Waals surface area contributed by atoms with Crippen LogP contribution >= 0.6 is 11.3 Å². The van der Waals surface area contributed by atoms with E-state index in [1.165, 1.54) is 23.3 Å². The van der Waals surface area contributed by atoms with Crippen molar-refractivity contribution in [2.45, 2.75) is 51.1 Å². The minimum absolute atomic E-state index is 0.171. The lowest BCUT2D eigenvalue weighted by Gasteiger charge is -2.23. The first-order chi connectivity index (χ1) is 12.7. The van der Waals surface area contributed by atoms with Crippen LogP contribution in [0.5, 0.6) is 11.5 Å². The Kier molecular flexibility index (Phi) is 4.90. The summed E-state index contributed by atoms with van der Waals surface area (Å²) < 4.78 is 10.8. The lowest BCUT2D eigenvalue weighted by Crippen LogP contribution is -2.32. The Morgan fingerprint density at radius 3 is 2.65 bits per heavy atom. The highest BCUT2D eigenvalue weighted by molar-refractivity contribution is 7.14. The molecule has 26 heavy (non-hydrogen) atoms. The minimum Gasteiger partial charge on any atom is -0.497 e. The number of hydrogen-bond donors (Lipinski definition) is 0. The highest BCUT2D eigenvalue weighted by Gasteiger charge is 2.34. The van der Waals surface area contributed by atoms with E-state index in [2.05, 4.69) is 6.07 Å². The van der Waals surface area contributed by atoms with Crippen LogP contribution in [0.15, 0.2) is 24.3 Å². The Bertz CT molecular complexity index is 786. The molecular formula is C21H25NO3S. The Hall–Kier alpha value is -2.01. The van der Waals surface area contributed by atoms with E-state index >= 15 is 0 Å². The topological polar surface area (TPSA) is 38.8 Å². The second-order valence-electron chi connectivity index (χ2n) is 7.11. The zero-order chi connectivity index (χ0) is 18.1. The average Bonchev–Trinajstić information content (AvgIpc) is 3.42. The summed E-state index contributed by atoms with van der Waals surface area (Å²) in [5, 5.41) is 0. The van der Waals surface area contributed by atoms with Crippen LogP contribution in [0.1, 0.15) is 51.4 Å². The zero-order valence-electron chi connectivity index (χ0n) is 15.4. The quantitative estimate of drug-likeness (QED) is 0.753. The summed E-state index contributed by atoms with van der Waals surface area (Å²) in [4.78, 5) is 17.6. The first-order valence-electron chi connectivity index (χ1n) is 9.33. The number of fused-ring (bicyclic) bond motifs is 1. The summed E-state index contributed by atoms with van der Waals surface area (Å²) >= 11 is 1.70. The molecule has 2 aliphatic carbocycles. The monoisotopic (exact) mass is 371 g/mol. The summed E-state index contributed by atoms with van der Waals surface area (Å²) in [5.74, 6) is 1.71. The molecule has 2 aliphatic rings. The lowest BCUT2D eigenvalue weighted by molar-refractivity contribution is 0.0733. The molecule has 0 saturated heterocycles. The molecule has 1 aromatic carbocycles. The zero-order valence-corrected chi connectivity index (χ0v) is 16.2. The highest BCUT2D eigenvalue weighted by atomic mass is 32.1. The van der Waals surface area contributed by atoms with Gasteiger partial charge in [-0.3, -0.25) is 4.79 Å². The highest BCUT2D eigenvalue weighted by Crippen LogP contribution is 2.36. The summed E-state index contributed by atoms with van der Waals surface area (Å²) in [6, 6.07) is 8.31. The van der Waals surface area contributed by atoms with Gasteiger partial charge in [0.2, 0.25) is 0 Å². The molecule has 1 aromatic heterocycles. The van der Waals surface area contributed by atoms with E-state index in [4.69, 9.17) is 9.47 Å². The van der Waals surface area contributed by atoms with Crippen LogP contribution in [-0.2, 0) is 19.4 Å². The van der Waals surface area contributed by atoms with Gasteiger partial charge < -0.3 is 14.4 Å². The molecule has 0 aliphatic heterocycles. The Labute approximate surface area is 158 Å². The average molecular weight is 372 g/mol. The number of carbonyl (C=O) groups is 1. The number of hydrogen-bond acceptors (Lipinski definition) is 4. The second-order valence-corrected chi connectivity index (χ2v) is 8.24. The maximum Gasteiger partial charge on any atom is 0.264 e. The number of methoxy groups -OCH3 is 2. The molecule has 5 heteroatoms. The molecule has 1 saturated carbocycles. The van der Waals surface area contributed by atoms with Gasteiger partial charge in [-0.2, -0.15) is 0 Å². The van der Waals surface area contributed by atoms with Crippen LogP contribution < -0.4 is 9.47 Å². The first kappa shape index (κ1) is 17.4. The molecule has 4 nitrogen and oxygen atoms in total. The summed E-state index contributed by atoms with van der Waals surface area (Å²) in [5.41, 5.74) is 2.41. The van der Waals surface area contributed by atoms with Gasteiger partial charge in [0.1, 0.15) is 11.5 Å². The number of ether oxygens (including phenoxy) is 2. The number of carbonyl (C=O) groups excluding carboxylic acids is 1. The van der Waals surface area contributed by atoms with Gasteiger partial charge in [-0.25, -0.2) is 0 Å². The van der Waals surface area contributed by atoms with Crippen LogP contribution in [0.3, 0.4) is 0 Å². The van der Waals surface area contributed by atoms with Crippen molar-refractivity contribution in [1.82, 2.24) is 4.90 Å². The lowest BCUT2D eigenvalue weighted by atomic mass is 9.99. The van der Waals surface area contributed by atoms with Gasteiger partial charge in [0.05, 0.1) is 19.1 Å². The number of aryl methyl sites for hydroxylation is 2. The smallest absolute Gasteiger partial charge is 0.264 e. The van der Waals surface area contributed by atoms with Gasteiger partial charge in [-0.1, -0.05) is 0 Å². The minimum atomic E-state index is 0.171. The van der Waals surface area contributed by atoms with E-state index in [0.717, 1.165) is 47.6 Å². The summed E-state index contributed by atoms with van der Waals surface area (Å²) in [6.45, 7) is 0.583. The SMILES string of the molecule is COc1ccc(CN(C(=O)c2cc3c(s2)CCCC3)C2CC2)c(OC)c1. The van der Waals surface area contributed by atoms with Gasteiger partial charge in [0, 0.05) is 29.1 Å². The van der Waals surface area contributed by atoms with Crippen molar-refractivity contribution in [2.75, 3.05) is 14.2 Å². The molecule has 0 bridgehead atoms. The fourth-order valence-electron chi connectivity index (χ4n) is 3.66. The molecule has 0 spiro atoms.